The van der Waals surface area contributed by atoms with Crippen LogP contribution in [0.2, 0.25) is 0 Å². The number of carbonyl (C=O) groups is 2. The molecule has 0 saturated heterocycles. The van der Waals surface area contributed by atoms with Crippen molar-refractivity contribution in [2.75, 3.05) is 14.2 Å². The molecule has 0 amide bonds. The van der Waals surface area contributed by atoms with Crippen LogP contribution in [0.5, 0.6) is 0 Å². The number of esters is 2. The van der Waals surface area contributed by atoms with E-state index in [4.69, 9.17) is 13.9 Å². The van der Waals surface area contributed by atoms with Crippen molar-refractivity contribution in [3.8, 4) is 22.0 Å². The molecule has 0 aliphatic carbocycles. The molecule has 0 atom stereocenters. The van der Waals surface area contributed by atoms with Crippen molar-refractivity contribution in [2.45, 2.75) is 0 Å². The second-order valence-corrected chi connectivity index (χ2v) is 5.78. The van der Waals surface area contributed by atoms with Crippen LogP contribution in [0.1, 0.15) is 20.7 Å². The standard InChI is InChI=1S/C18H14O5S/c1-21-17(19)13-14(18(20)22-2)16(12-9-6-10-24-12)23-15(13)11-7-4-3-5-8-11/h3-10H,1-2H3. The fourth-order valence-corrected chi connectivity index (χ4v) is 3.11. The fraction of sp³-hybridized carbons (Fsp3) is 0.111. The molecule has 6 heteroatoms. The third kappa shape index (κ3) is 2.72. The topological polar surface area (TPSA) is 65.7 Å². The zero-order valence-corrected chi connectivity index (χ0v) is 13.9. The first-order valence-corrected chi connectivity index (χ1v) is 7.98. The van der Waals surface area contributed by atoms with Crippen molar-refractivity contribution in [1.82, 2.24) is 0 Å². The normalized spacial score (nSPS) is 10.4. The number of benzene rings is 1. The second kappa shape index (κ2) is 6.72. The molecular formula is C18H14O5S. The van der Waals surface area contributed by atoms with Gasteiger partial charge in [-0.1, -0.05) is 36.4 Å². The van der Waals surface area contributed by atoms with E-state index >= 15 is 0 Å². The molecule has 0 fully saturated rings. The lowest BCUT2D eigenvalue weighted by atomic mass is 10.0. The first kappa shape index (κ1) is 16.0. The molecule has 0 spiro atoms. The Morgan fingerprint density at radius 2 is 1.50 bits per heavy atom. The van der Waals surface area contributed by atoms with Gasteiger partial charge < -0.3 is 13.9 Å². The minimum absolute atomic E-state index is 0.0685. The van der Waals surface area contributed by atoms with Crippen molar-refractivity contribution >= 4 is 23.3 Å². The summed E-state index contributed by atoms with van der Waals surface area (Å²) < 4.78 is 15.6. The minimum atomic E-state index is -0.652. The summed E-state index contributed by atoms with van der Waals surface area (Å²) in [7, 11) is 2.52. The highest BCUT2D eigenvalue weighted by Crippen LogP contribution is 2.39. The Hall–Kier alpha value is -2.86. The molecule has 122 valence electrons. The molecule has 1 aromatic carbocycles. The molecule has 3 aromatic rings. The van der Waals surface area contributed by atoms with Crippen LogP contribution in [-0.4, -0.2) is 26.2 Å². The lowest BCUT2D eigenvalue weighted by Gasteiger charge is -2.03. The summed E-state index contributed by atoms with van der Waals surface area (Å²) in [6.45, 7) is 0. The van der Waals surface area contributed by atoms with Gasteiger partial charge in [-0.2, -0.15) is 0 Å². The van der Waals surface area contributed by atoms with E-state index in [9.17, 15) is 9.59 Å². The van der Waals surface area contributed by atoms with Crippen LogP contribution < -0.4 is 0 Å². The van der Waals surface area contributed by atoms with E-state index in [1.807, 2.05) is 35.7 Å². The Morgan fingerprint density at radius 1 is 0.875 bits per heavy atom. The Morgan fingerprint density at radius 3 is 2.04 bits per heavy atom. The molecule has 3 rings (SSSR count). The number of thiophene rings is 1. The molecular weight excluding hydrogens is 328 g/mol. The van der Waals surface area contributed by atoms with E-state index in [1.165, 1.54) is 25.6 Å². The summed E-state index contributed by atoms with van der Waals surface area (Å²) in [5, 5.41) is 1.86. The van der Waals surface area contributed by atoms with E-state index in [-0.39, 0.29) is 16.9 Å². The van der Waals surface area contributed by atoms with Gasteiger partial charge in [-0.25, -0.2) is 9.59 Å². The predicted molar refractivity (Wildman–Crippen MR) is 90.1 cm³/mol. The highest BCUT2D eigenvalue weighted by molar-refractivity contribution is 7.13. The molecule has 2 heterocycles. The second-order valence-electron chi connectivity index (χ2n) is 4.84. The molecule has 24 heavy (non-hydrogen) atoms. The largest absolute Gasteiger partial charge is 0.465 e. The quantitative estimate of drug-likeness (QED) is 0.663. The zero-order chi connectivity index (χ0) is 17.1. The number of hydrogen-bond acceptors (Lipinski definition) is 6. The maximum atomic E-state index is 12.3. The van der Waals surface area contributed by atoms with Crippen molar-refractivity contribution in [3.63, 3.8) is 0 Å². The number of methoxy groups -OCH3 is 2. The van der Waals surface area contributed by atoms with Crippen LogP contribution in [-0.2, 0) is 9.47 Å². The van der Waals surface area contributed by atoms with E-state index in [1.54, 1.807) is 12.1 Å². The van der Waals surface area contributed by atoms with E-state index in [0.717, 1.165) is 4.88 Å². The lowest BCUT2D eigenvalue weighted by Crippen LogP contribution is -2.11. The van der Waals surface area contributed by atoms with E-state index in [2.05, 4.69) is 0 Å². The smallest absolute Gasteiger partial charge is 0.342 e. The Bertz CT molecular complexity index is 862. The molecule has 2 aromatic heterocycles. The van der Waals surface area contributed by atoms with Gasteiger partial charge in [0, 0.05) is 5.56 Å². The fourth-order valence-electron chi connectivity index (χ4n) is 2.40. The highest BCUT2D eigenvalue weighted by atomic mass is 32.1. The van der Waals surface area contributed by atoms with Gasteiger partial charge in [0.15, 0.2) is 5.76 Å². The first-order valence-electron chi connectivity index (χ1n) is 7.10. The van der Waals surface area contributed by atoms with Gasteiger partial charge in [-0.3, -0.25) is 0 Å². The van der Waals surface area contributed by atoms with Crippen LogP contribution in [0.15, 0.2) is 52.3 Å². The molecule has 0 saturated carbocycles. The Kier molecular flexibility index (Phi) is 4.48. The van der Waals surface area contributed by atoms with Crippen LogP contribution in [0.3, 0.4) is 0 Å². The summed E-state index contributed by atoms with van der Waals surface area (Å²) in [6, 6.07) is 12.7. The highest BCUT2D eigenvalue weighted by Gasteiger charge is 2.33. The molecule has 0 aliphatic heterocycles. The summed E-state index contributed by atoms with van der Waals surface area (Å²) in [6.07, 6.45) is 0. The van der Waals surface area contributed by atoms with Crippen molar-refractivity contribution < 1.29 is 23.5 Å². The lowest BCUT2D eigenvalue weighted by molar-refractivity contribution is 0.0558. The summed E-state index contributed by atoms with van der Waals surface area (Å²) in [4.78, 5) is 25.4. The van der Waals surface area contributed by atoms with Crippen molar-refractivity contribution in [1.29, 1.82) is 0 Å². The number of furan rings is 1. The predicted octanol–water partition coefficient (Wildman–Crippen LogP) is 4.25. The van der Waals surface area contributed by atoms with Gasteiger partial charge in [0.05, 0.1) is 19.1 Å². The number of hydrogen-bond donors (Lipinski definition) is 0. The van der Waals surface area contributed by atoms with E-state index in [0.29, 0.717) is 11.3 Å². The van der Waals surface area contributed by atoms with Gasteiger partial charge in [-0.15, -0.1) is 11.3 Å². The van der Waals surface area contributed by atoms with Crippen LogP contribution in [0.25, 0.3) is 22.0 Å². The molecule has 0 radical (unpaired) electrons. The van der Waals surface area contributed by atoms with Gasteiger partial charge in [0.25, 0.3) is 0 Å². The van der Waals surface area contributed by atoms with Crippen LogP contribution in [0.4, 0.5) is 0 Å². The average Bonchev–Trinajstić information content (AvgIpc) is 3.28. The summed E-state index contributed by atoms with van der Waals surface area (Å²) in [5.41, 5.74) is 0.815. The molecule has 0 bridgehead atoms. The third-order valence-corrected chi connectivity index (χ3v) is 4.34. The van der Waals surface area contributed by atoms with Gasteiger partial charge in [0.2, 0.25) is 0 Å². The molecule has 0 unspecified atom stereocenters. The molecule has 5 nitrogen and oxygen atoms in total. The zero-order valence-electron chi connectivity index (χ0n) is 13.1. The van der Waals surface area contributed by atoms with Gasteiger partial charge in [-0.05, 0) is 11.4 Å². The van der Waals surface area contributed by atoms with Crippen molar-refractivity contribution in [3.05, 3.63) is 59.0 Å². The first-order chi connectivity index (χ1) is 11.7. The number of carbonyl (C=O) groups excluding carboxylic acids is 2. The van der Waals surface area contributed by atoms with Crippen molar-refractivity contribution in [2.24, 2.45) is 0 Å². The van der Waals surface area contributed by atoms with Crippen LogP contribution in [0, 0.1) is 0 Å². The molecule has 0 N–H and O–H groups in total. The Labute approximate surface area is 142 Å². The number of ether oxygens (including phenoxy) is 2. The minimum Gasteiger partial charge on any atom is -0.465 e. The third-order valence-electron chi connectivity index (χ3n) is 3.47. The van der Waals surface area contributed by atoms with Gasteiger partial charge in [0.1, 0.15) is 16.9 Å². The summed E-state index contributed by atoms with van der Waals surface area (Å²) in [5.74, 6) is -0.715. The maximum Gasteiger partial charge on any atom is 0.342 e. The Balaban J connectivity index is 2.33. The average molecular weight is 342 g/mol. The van der Waals surface area contributed by atoms with Crippen LogP contribution >= 0.6 is 11.3 Å². The maximum absolute atomic E-state index is 12.3. The monoisotopic (exact) mass is 342 g/mol. The SMILES string of the molecule is COC(=O)c1c(-c2ccccc2)oc(-c2cccs2)c1C(=O)OC. The van der Waals surface area contributed by atoms with Gasteiger partial charge >= 0.3 is 11.9 Å². The van der Waals surface area contributed by atoms with E-state index < -0.39 is 11.9 Å². The number of rotatable bonds is 4. The molecule has 0 aliphatic rings. The summed E-state index contributed by atoms with van der Waals surface area (Å²) >= 11 is 1.40.